The van der Waals surface area contributed by atoms with E-state index in [4.69, 9.17) is 4.52 Å². The molecule has 3 nitrogen and oxygen atoms in total. The fourth-order valence-corrected chi connectivity index (χ4v) is 4.58. The average molecular weight is 353 g/mol. The molecule has 2 fully saturated rings. The van der Waals surface area contributed by atoms with E-state index in [0.717, 1.165) is 29.5 Å². The molecule has 1 saturated carbocycles. The third kappa shape index (κ3) is 4.31. The fraction of sp³-hybridized carbons (Fsp3) is 0.609. The Kier molecular flexibility index (Phi) is 5.62. The quantitative estimate of drug-likeness (QED) is 0.673. The lowest BCUT2D eigenvalue weighted by Gasteiger charge is -2.31. The Bertz CT molecular complexity index is 734. The summed E-state index contributed by atoms with van der Waals surface area (Å²) in [5.74, 6) is 1.66. The van der Waals surface area contributed by atoms with Crippen LogP contribution in [0.15, 0.2) is 35.0 Å². The lowest BCUT2D eigenvalue weighted by Crippen LogP contribution is -2.30. The van der Waals surface area contributed by atoms with Gasteiger partial charge in [0, 0.05) is 18.5 Å². The summed E-state index contributed by atoms with van der Waals surface area (Å²) in [6, 6.07) is 6.34. The van der Waals surface area contributed by atoms with Crippen molar-refractivity contribution in [2.45, 2.75) is 64.7 Å². The monoisotopic (exact) mass is 352 g/mol. The van der Waals surface area contributed by atoms with E-state index in [1.165, 1.54) is 75.4 Å². The summed E-state index contributed by atoms with van der Waals surface area (Å²) in [6.07, 6.45) is 16.9. The maximum Gasteiger partial charge on any atom is 0.167 e. The number of fused-ring (bicyclic) bond motifs is 1. The summed E-state index contributed by atoms with van der Waals surface area (Å²) in [6.45, 7) is 4.56. The Labute approximate surface area is 157 Å². The van der Waals surface area contributed by atoms with Crippen LogP contribution in [0.3, 0.4) is 0 Å². The minimum Gasteiger partial charge on any atom is -0.378 e. The molecule has 0 amide bonds. The van der Waals surface area contributed by atoms with Crippen LogP contribution in [0.1, 0.15) is 62.6 Å². The van der Waals surface area contributed by atoms with Gasteiger partial charge in [0.15, 0.2) is 5.58 Å². The van der Waals surface area contributed by atoms with Gasteiger partial charge in [0.05, 0.1) is 5.69 Å². The normalized spacial score (nSPS) is 20.4. The van der Waals surface area contributed by atoms with Gasteiger partial charge in [-0.15, -0.1) is 0 Å². The summed E-state index contributed by atoms with van der Waals surface area (Å²) in [7, 11) is 0. The molecular weight excluding hydrogens is 320 g/mol. The highest BCUT2D eigenvalue weighted by Crippen LogP contribution is 2.27. The number of benzene rings is 1. The van der Waals surface area contributed by atoms with Gasteiger partial charge in [-0.2, -0.15) is 0 Å². The van der Waals surface area contributed by atoms with Crippen LogP contribution < -0.4 is 0 Å². The number of likely N-dealkylation sites (tertiary alicyclic amines) is 1. The molecule has 0 unspecified atom stereocenters. The van der Waals surface area contributed by atoms with Gasteiger partial charge in [0.2, 0.25) is 0 Å². The standard InChI is InChI=1S/C23H32N2O/c1-18-7-10-23-21(17-18)22(24-26-23)9-8-20-12-15-25(16-13-20)14-11-19-5-3-2-4-6-19/h7,10-11,14,17,19-20H,2-6,8-9,12-13,15-16H2,1H3/b14-11+. The first-order valence-corrected chi connectivity index (χ1v) is 10.6. The van der Waals surface area contributed by atoms with Crippen LogP contribution >= 0.6 is 0 Å². The first kappa shape index (κ1) is 17.6. The highest BCUT2D eigenvalue weighted by molar-refractivity contribution is 5.80. The van der Waals surface area contributed by atoms with E-state index in [1.54, 1.807) is 0 Å². The van der Waals surface area contributed by atoms with Gasteiger partial charge in [-0.25, -0.2) is 0 Å². The second-order valence-corrected chi connectivity index (χ2v) is 8.39. The van der Waals surface area contributed by atoms with Gasteiger partial charge in [-0.05, 0) is 75.6 Å². The minimum atomic E-state index is 0.825. The van der Waals surface area contributed by atoms with E-state index >= 15 is 0 Å². The zero-order valence-electron chi connectivity index (χ0n) is 16.1. The number of hydrogen-bond acceptors (Lipinski definition) is 3. The van der Waals surface area contributed by atoms with Crippen LogP contribution in [0.4, 0.5) is 0 Å². The molecule has 1 aromatic heterocycles. The van der Waals surface area contributed by atoms with Crippen molar-refractivity contribution in [1.82, 2.24) is 10.1 Å². The van der Waals surface area contributed by atoms with Crippen LogP contribution in [0, 0.1) is 18.8 Å². The van der Waals surface area contributed by atoms with Gasteiger partial charge in [0.1, 0.15) is 0 Å². The number of aromatic nitrogens is 1. The molecule has 3 heteroatoms. The number of hydrogen-bond donors (Lipinski definition) is 0. The van der Waals surface area contributed by atoms with Gasteiger partial charge in [0.25, 0.3) is 0 Å². The Balaban J connectivity index is 1.24. The molecule has 0 N–H and O–H groups in total. The first-order chi connectivity index (χ1) is 12.8. The lowest BCUT2D eigenvalue weighted by molar-refractivity contribution is 0.232. The third-order valence-electron chi connectivity index (χ3n) is 6.36. The van der Waals surface area contributed by atoms with Gasteiger partial charge < -0.3 is 9.42 Å². The lowest BCUT2D eigenvalue weighted by atomic mass is 9.89. The molecule has 0 atom stereocenters. The highest BCUT2D eigenvalue weighted by Gasteiger charge is 2.19. The van der Waals surface area contributed by atoms with Crippen molar-refractivity contribution >= 4 is 11.0 Å². The van der Waals surface area contributed by atoms with Gasteiger partial charge in [-0.3, -0.25) is 0 Å². The largest absolute Gasteiger partial charge is 0.378 e. The molecular formula is C23H32N2O. The van der Waals surface area contributed by atoms with Gasteiger partial charge in [-0.1, -0.05) is 42.1 Å². The molecule has 0 bridgehead atoms. The Morgan fingerprint density at radius 3 is 2.73 bits per heavy atom. The molecule has 140 valence electrons. The third-order valence-corrected chi connectivity index (χ3v) is 6.36. The molecule has 1 aliphatic carbocycles. The topological polar surface area (TPSA) is 29.3 Å². The predicted molar refractivity (Wildman–Crippen MR) is 107 cm³/mol. The van der Waals surface area contributed by atoms with Crippen molar-refractivity contribution in [3.05, 3.63) is 41.7 Å². The molecule has 2 aliphatic rings. The SMILES string of the molecule is Cc1ccc2onc(CCC3CCN(/C=C/C4CCCCC4)CC3)c2c1. The molecule has 0 spiro atoms. The first-order valence-electron chi connectivity index (χ1n) is 10.6. The Morgan fingerprint density at radius 2 is 1.92 bits per heavy atom. The van der Waals surface area contributed by atoms with E-state index in [1.807, 2.05) is 6.07 Å². The molecule has 4 rings (SSSR count). The van der Waals surface area contributed by atoms with Crippen molar-refractivity contribution < 1.29 is 4.52 Å². The molecule has 1 saturated heterocycles. The Morgan fingerprint density at radius 1 is 1.12 bits per heavy atom. The van der Waals surface area contributed by atoms with Crippen LogP contribution in [-0.2, 0) is 6.42 Å². The smallest absolute Gasteiger partial charge is 0.167 e. The zero-order valence-corrected chi connectivity index (χ0v) is 16.1. The molecule has 0 radical (unpaired) electrons. The molecule has 1 aliphatic heterocycles. The van der Waals surface area contributed by atoms with E-state index in [9.17, 15) is 0 Å². The summed E-state index contributed by atoms with van der Waals surface area (Å²) in [5.41, 5.74) is 3.34. The predicted octanol–water partition coefficient (Wildman–Crippen LogP) is 5.87. The Hall–Kier alpha value is -1.77. The summed E-state index contributed by atoms with van der Waals surface area (Å²) < 4.78 is 5.48. The van der Waals surface area contributed by atoms with Gasteiger partial charge >= 0.3 is 0 Å². The summed E-state index contributed by atoms with van der Waals surface area (Å²) >= 11 is 0. The van der Waals surface area contributed by atoms with Crippen molar-refractivity contribution in [1.29, 1.82) is 0 Å². The zero-order chi connectivity index (χ0) is 17.8. The van der Waals surface area contributed by atoms with E-state index in [2.05, 4.69) is 41.4 Å². The van der Waals surface area contributed by atoms with Crippen molar-refractivity contribution in [3.63, 3.8) is 0 Å². The summed E-state index contributed by atoms with van der Waals surface area (Å²) in [5, 5.41) is 5.53. The van der Waals surface area contributed by atoms with E-state index in [0.29, 0.717) is 0 Å². The second-order valence-electron chi connectivity index (χ2n) is 8.39. The van der Waals surface area contributed by atoms with Crippen LogP contribution in [0.2, 0.25) is 0 Å². The number of rotatable bonds is 5. The maximum atomic E-state index is 5.48. The van der Waals surface area contributed by atoms with Crippen molar-refractivity contribution in [2.75, 3.05) is 13.1 Å². The minimum absolute atomic E-state index is 0.825. The van der Waals surface area contributed by atoms with Crippen LogP contribution in [0.25, 0.3) is 11.0 Å². The summed E-state index contributed by atoms with van der Waals surface area (Å²) in [4.78, 5) is 2.54. The van der Waals surface area contributed by atoms with E-state index in [-0.39, 0.29) is 0 Å². The van der Waals surface area contributed by atoms with Crippen LogP contribution in [0.5, 0.6) is 0 Å². The number of nitrogens with zero attached hydrogens (tertiary/aromatic N) is 2. The fourth-order valence-electron chi connectivity index (χ4n) is 4.58. The second kappa shape index (κ2) is 8.28. The van der Waals surface area contributed by atoms with Crippen molar-refractivity contribution in [3.8, 4) is 0 Å². The number of allylic oxidation sites excluding steroid dienone is 1. The average Bonchev–Trinajstić information content (AvgIpc) is 3.08. The van der Waals surface area contributed by atoms with Crippen molar-refractivity contribution in [2.24, 2.45) is 11.8 Å². The number of piperidine rings is 1. The maximum absolute atomic E-state index is 5.48. The molecule has 2 aromatic rings. The van der Waals surface area contributed by atoms with Crippen LogP contribution in [-0.4, -0.2) is 23.1 Å². The number of aryl methyl sites for hydroxylation is 2. The molecule has 2 heterocycles. The highest BCUT2D eigenvalue weighted by atomic mass is 16.5. The molecule has 26 heavy (non-hydrogen) atoms. The van der Waals surface area contributed by atoms with E-state index < -0.39 is 0 Å². The molecule has 1 aromatic carbocycles.